The third-order valence-electron chi connectivity index (χ3n) is 8.02. The number of nitrogens with zero attached hydrogens (tertiary/aromatic N) is 1. The van der Waals surface area contributed by atoms with Crippen LogP contribution in [-0.2, 0) is 29.2 Å². The van der Waals surface area contributed by atoms with Crippen molar-refractivity contribution >= 4 is 33.9 Å². The predicted octanol–water partition coefficient (Wildman–Crippen LogP) is -2.42. The Kier molecular flexibility index (Phi) is 14.3. The van der Waals surface area contributed by atoms with Crippen molar-refractivity contribution in [2.75, 3.05) is 19.7 Å². The summed E-state index contributed by atoms with van der Waals surface area (Å²) in [6.45, 7) is 4.62. The zero-order valence-electron chi connectivity index (χ0n) is 24.3. The molecule has 3 fully saturated rings. The summed E-state index contributed by atoms with van der Waals surface area (Å²) in [5.41, 5.74) is -2.47. The molecule has 4 N–H and O–H groups in total. The maximum Gasteiger partial charge on any atom is 1.00 e. The predicted molar refractivity (Wildman–Crippen MR) is 142 cm³/mol. The fraction of sp³-hybridized carbons (Fsp3) is 0.846. The van der Waals surface area contributed by atoms with Gasteiger partial charge in [-0.2, -0.15) is 0 Å². The van der Waals surface area contributed by atoms with E-state index in [1.807, 2.05) is 13.8 Å². The molecule has 0 spiro atoms. The summed E-state index contributed by atoms with van der Waals surface area (Å²) >= 11 is 0. The zero-order valence-corrected chi connectivity index (χ0v) is 27.1. The molecule has 2 heterocycles. The molecule has 0 bridgehead atoms. The first-order valence-electron chi connectivity index (χ1n) is 14.3. The van der Waals surface area contributed by atoms with E-state index in [2.05, 4.69) is 16.0 Å². The van der Waals surface area contributed by atoms with Crippen molar-refractivity contribution in [2.45, 2.75) is 102 Å². The number of rotatable bonds is 13. The van der Waals surface area contributed by atoms with Crippen molar-refractivity contribution < 1.29 is 71.5 Å². The van der Waals surface area contributed by atoms with Crippen LogP contribution in [0.5, 0.6) is 0 Å². The van der Waals surface area contributed by atoms with E-state index in [1.54, 1.807) is 4.90 Å². The van der Waals surface area contributed by atoms with Gasteiger partial charge in [0.25, 0.3) is 0 Å². The van der Waals surface area contributed by atoms with Gasteiger partial charge >= 0.3 is 35.7 Å². The van der Waals surface area contributed by atoms with Crippen LogP contribution in [0.3, 0.4) is 0 Å². The molecule has 2 aliphatic heterocycles. The van der Waals surface area contributed by atoms with Gasteiger partial charge in [-0.1, -0.05) is 33.1 Å². The van der Waals surface area contributed by atoms with Gasteiger partial charge in [0.2, 0.25) is 17.7 Å². The van der Waals surface area contributed by atoms with Crippen LogP contribution in [0.1, 0.15) is 78.1 Å². The SMILES string of the molecule is CC(C)C[C@H](NC(=O)OC[C@@H]1CCC(=O)N1CC1CCCCC1)C(=O)N[C@@H](C[C@@H]1CCNC1=O)C(O)S(=O)(=O)[O-].[Na+]. The molecule has 1 aliphatic carbocycles. The summed E-state index contributed by atoms with van der Waals surface area (Å²) in [5, 5.41) is 17.6. The molecule has 4 amide bonds. The van der Waals surface area contributed by atoms with Crippen LogP contribution in [0, 0.1) is 17.8 Å². The van der Waals surface area contributed by atoms with Crippen LogP contribution >= 0.6 is 0 Å². The Balaban J connectivity index is 0.00000588. The molecule has 1 saturated carbocycles. The fourth-order valence-electron chi connectivity index (χ4n) is 5.83. The van der Waals surface area contributed by atoms with Crippen LogP contribution in [-0.4, -0.2) is 90.0 Å². The average Bonchev–Trinajstić information content (AvgIpc) is 3.45. The largest absolute Gasteiger partial charge is 1.00 e. The summed E-state index contributed by atoms with van der Waals surface area (Å²) < 4.78 is 40.1. The van der Waals surface area contributed by atoms with E-state index in [9.17, 15) is 37.3 Å². The van der Waals surface area contributed by atoms with Gasteiger partial charge in [0.15, 0.2) is 5.44 Å². The van der Waals surface area contributed by atoms with Crippen molar-refractivity contribution in [3.05, 3.63) is 0 Å². The second kappa shape index (κ2) is 16.4. The van der Waals surface area contributed by atoms with E-state index in [4.69, 9.17) is 4.74 Å². The Morgan fingerprint density at radius 2 is 1.80 bits per heavy atom. The molecule has 0 aromatic heterocycles. The number of aliphatic hydroxyl groups is 1. The normalized spacial score (nSPS) is 23.9. The monoisotopic (exact) mass is 610 g/mol. The van der Waals surface area contributed by atoms with Crippen molar-refractivity contribution in [1.29, 1.82) is 0 Å². The van der Waals surface area contributed by atoms with Crippen LogP contribution < -0.4 is 45.5 Å². The molecule has 5 atom stereocenters. The Labute approximate surface area is 264 Å². The quantitative estimate of drug-likeness (QED) is 0.130. The maximum absolute atomic E-state index is 13.1. The molecular formula is C26H43N4NaO9S. The minimum Gasteiger partial charge on any atom is -0.746 e. The van der Waals surface area contributed by atoms with Crippen molar-refractivity contribution in [3.63, 3.8) is 0 Å². The summed E-state index contributed by atoms with van der Waals surface area (Å²) in [6.07, 6.45) is 6.05. The van der Waals surface area contributed by atoms with Gasteiger partial charge in [-0.3, -0.25) is 14.4 Å². The minimum absolute atomic E-state index is 0. The molecule has 0 aromatic rings. The van der Waals surface area contributed by atoms with Gasteiger partial charge in [-0.05, 0) is 50.4 Å². The van der Waals surface area contributed by atoms with Crippen LogP contribution in [0.4, 0.5) is 4.79 Å². The number of likely N-dealkylation sites (tertiary alicyclic amines) is 1. The molecule has 0 radical (unpaired) electrons. The molecular weight excluding hydrogens is 567 g/mol. The number of aliphatic hydroxyl groups excluding tert-OH is 1. The van der Waals surface area contributed by atoms with E-state index < -0.39 is 45.6 Å². The first kappa shape index (κ1) is 35.7. The Bertz CT molecular complexity index is 1020. The first-order chi connectivity index (χ1) is 18.8. The first-order valence-corrected chi connectivity index (χ1v) is 15.8. The number of carbonyl (C=O) groups excluding carboxylic acids is 4. The second-order valence-electron chi connectivity index (χ2n) is 11.7. The molecule has 1 unspecified atom stereocenters. The minimum atomic E-state index is -5.20. The van der Waals surface area contributed by atoms with E-state index in [-0.39, 0.29) is 72.8 Å². The standard InChI is InChI=1S/C26H44N4O9S.Na/c1-16(2)12-20(24(33)28-21(25(34)40(36,37)38)13-18-10-11-27-23(18)32)29-26(35)39-15-19-8-9-22(31)30(19)14-17-6-4-3-5-7-17;/h16-21,25,34H,3-15H2,1-2H3,(H,27,32)(H,28,33)(H,29,35)(H,36,37,38);/q;+1/p-1/t18-,19-,20-,21-,25?;/m0./s1. The molecule has 41 heavy (non-hydrogen) atoms. The van der Waals surface area contributed by atoms with Crippen molar-refractivity contribution in [1.82, 2.24) is 20.9 Å². The van der Waals surface area contributed by atoms with Gasteiger partial charge in [-0.25, -0.2) is 13.2 Å². The Morgan fingerprint density at radius 3 is 2.39 bits per heavy atom. The third kappa shape index (κ3) is 11.0. The van der Waals surface area contributed by atoms with Gasteiger partial charge in [0, 0.05) is 25.4 Å². The average molecular weight is 611 g/mol. The topological polar surface area (TPSA) is 194 Å². The molecule has 3 aliphatic rings. The Morgan fingerprint density at radius 1 is 1.12 bits per heavy atom. The zero-order chi connectivity index (χ0) is 29.4. The summed E-state index contributed by atoms with van der Waals surface area (Å²) in [5.74, 6) is -1.44. The summed E-state index contributed by atoms with van der Waals surface area (Å²) in [7, 11) is -5.20. The van der Waals surface area contributed by atoms with Gasteiger partial charge in [-0.15, -0.1) is 0 Å². The second-order valence-corrected chi connectivity index (χ2v) is 13.1. The number of carbonyl (C=O) groups is 4. The summed E-state index contributed by atoms with van der Waals surface area (Å²) in [6, 6.07) is -2.94. The molecule has 3 rings (SSSR count). The fourth-order valence-corrected chi connectivity index (χ4v) is 6.41. The van der Waals surface area contributed by atoms with E-state index in [0.717, 1.165) is 25.7 Å². The van der Waals surface area contributed by atoms with E-state index in [1.165, 1.54) is 6.42 Å². The van der Waals surface area contributed by atoms with Gasteiger partial charge < -0.3 is 35.2 Å². The molecule has 0 aromatic carbocycles. The van der Waals surface area contributed by atoms with Crippen molar-refractivity contribution in [3.8, 4) is 0 Å². The number of hydrogen-bond donors (Lipinski definition) is 4. The molecule has 15 heteroatoms. The number of amides is 4. The van der Waals surface area contributed by atoms with Gasteiger partial charge in [0.05, 0.1) is 12.1 Å². The number of alkyl carbamates (subject to hydrolysis) is 1. The number of ether oxygens (including phenoxy) is 1. The molecule has 228 valence electrons. The van der Waals surface area contributed by atoms with Crippen molar-refractivity contribution in [2.24, 2.45) is 17.8 Å². The molecule has 2 saturated heterocycles. The molecule has 13 nitrogen and oxygen atoms in total. The van der Waals surface area contributed by atoms with Crippen LogP contribution in [0.25, 0.3) is 0 Å². The number of hydrogen-bond acceptors (Lipinski definition) is 9. The van der Waals surface area contributed by atoms with Gasteiger partial charge in [0.1, 0.15) is 22.8 Å². The number of nitrogens with one attached hydrogen (secondary N) is 3. The van der Waals surface area contributed by atoms with E-state index in [0.29, 0.717) is 38.3 Å². The van der Waals surface area contributed by atoms with Crippen LogP contribution in [0.2, 0.25) is 0 Å². The summed E-state index contributed by atoms with van der Waals surface area (Å²) in [4.78, 5) is 52.1. The Hall–Kier alpha value is -1.45. The van der Waals surface area contributed by atoms with E-state index >= 15 is 0 Å². The third-order valence-corrected chi connectivity index (χ3v) is 8.94. The maximum atomic E-state index is 13.1. The van der Waals surface area contributed by atoms with Crippen LogP contribution in [0.15, 0.2) is 0 Å². The smallest absolute Gasteiger partial charge is 0.746 e.